The van der Waals surface area contributed by atoms with E-state index in [0.717, 1.165) is 38.8 Å². The number of carbonyl (C=O) groups is 1. The molecule has 4 nitrogen and oxygen atoms in total. The summed E-state index contributed by atoms with van der Waals surface area (Å²) in [4.78, 5) is 11.1. The molecule has 0 heterocycles. The fraction of sp³-hybridized carbons (Fsp3) is 0.917. The monoisotopic (exact) mass is 227 g/mol. The Hall–Kier alpha value is -0.610. The summed E-state index contributed by atoms with van der Waals surface area (Å²) in [5, 5.41) is 12.2. The highest BCUT2D eigenvalue weighted by atomic mass is 16.5. The summed E-state index contributed by atoms with van der Waals surface area (Å²) in [5.41, 5.74) is 0. The number of fused-ring (bicyclic) bond motifs is 1. The van der Waals surface area contributed by atoms with Crippen molar-refractivity contribution in [3.8, 4) is 0 Å². The Morgan fingerprint density at radius 2 is 2.06 bits per heavy atom. The second-order valence-electron chi connectivity index (χ2n) is 4.94. The zero-order chi connectivity index (χ0) is 11.5. The second kappa shape index (κ2) is 5.15. The van der Waals surface area contributed by atoms with E-state index < -0.39 is 5.97 Å². The SMILES string of the molecule is CNCCO[C@@H]1CC[C@H]2[C@H]1CC[C@@H]2C(=O)O. The largest absolute Gasteiger partial charge is 0.481 e. The van der Waals surface area contributed by atoms with Gasteiger partial charge in [0.15, 0.2) is 0 Å². The molecule has 0 spiro atoms. The molecule has 2 aliphatic rings. The maximum absolute atomic E-state index is 11.1. The summed E-state index contributed by atoms with van der Waals surface area (Å²) in [6, 6.07) is 0. The summed E-state index contributed by atoms with van der Waals surface area (Å²) < 4.78 is 5.83. The maximum atomic E-state index is 11.1. The predicted molar refractivity (Wildman–Crippen MR) is 60.2 cm³/mol. The maximum Gasteiger partial charge on any atom is 0.306 e. The fourth-order valence-corrected chi connectivity index (χ4v) is 3.37. The first kappa shape index (κ1) is 11.9. The number of nitrogens with one attached hydrogen (secondary N) is 1. The lowest BCUT2D eigenvalue weighted by molar-refractivity contribution is -0.143. The molecule has 0 aromatic carbocycles. The first-order valence-corrected chi connectivity index (χ1v) is 6.23. The molecule has 0 radical (unpaired) electrons. The van der Waals surface area contributed by atoms with Crippen molar-refractivity contribution in [2.45, 2.75) is 31.8 Å². The number of rotatable bonds is 5. The molecule has 0 aromatic rings. The van der Waals surface area contributed by atoms with Crippen molar-refractivity contribution in [2.75, 3.05) is 20.2 Å². The highest BCUT2D eigenvalue weighted by Crippen LogP contribution is 2.48. The molecule has 92 valence electrons. The van der Waals surface area contributed by atoms with Gasteiger partial charge in [-0.15, -0.1) is 0 Å². The van der Waals surface area contributed by atoms with Gasteiger partial charge in [-0.2, -0.15) is 0 Å². The van der Waals surface area contributed by atoms with Crippen LogP contribution in [0.25, 0.3) is 0 Å². The van der Waals surface area contributed by atoms with Crippen molar-refractivity contribution in [2.24, 2.45) is 17.8 Å². The average Bonchev–Trinajstić information content (AvgIpc) is 2.80. The summed E-state index contributed by atoms with van der Waals surface area (Å²) in [5.74, 6) is 0.154. The van der Waals surface area contributed by atoms with Gasteiger partial charge in [0.1, 0.15) is 0 Å². The van der Waals surface area contributed by atoms with Crippen LogP contribution in [0.3, 0.4) is 0 Å². The van der Waals surface area contributed by atoms with Gasteiger partial charge in [0.2, 0.25) is 0 Å². The number of hydrogen-bond donors (Lipinski definition) is 2. The summed E-state index contributed by atoms with van der Waals surface area (Å²) >= 11 is 0. The quantitative estimate of drug-likeness (QED) is 0.691. The van der Waals surface area contributed by atoms with E-state index in [1.165, 1.54) is 0 Å². The lowest BCUT2D eigenvalue weighted by Gasteiger charge is -2.19. The number of aliphatic carboxylic acids is 1. The molecule has 2 N–H and O–H groups in total. The lowest BCUT2D eigenvalue weighted by Crippen LogP contribution is -2.25. The van der Waals surface area contributed by atoms with Gasteiger partial charge in [0.25, 0.3) is 0 Å². The van der Waals surface area contributed by atoms with E-state index in [0.29, 0.717) is 17.9 Å². The van der Waals surface area contributed by atoms with Crippen LogP contribution >= 0.6 is 0 Å². The van der Waals surface area contributed by atoms with E-state index in [1.807, 2.05) is 7.05 Å². The topological polar surface area (TPSA) is 58.6 Å². The minimum Gasteiger partial charge on any atom is -0.481 e. The van der Waals surface area contributed by atoms with Crippen LogP contribution in [0.4, 0.5) is 0 Å². The molecule has 2 fully saturated rings. The Morgan fingerprint density at radius 3 is 2.75 bits per heavy atom. The smallest absolute Gasteiger partial charge is 0.306 e. The molecule has 0 unspecified atom stereocenters. The Morgan fingerprint density at radius 1 is 1.31 bits per heavy atom. The molecule has 0 bridgehead atoms. The molecule has 2 saturated carbocycles. The first-order valence-electron chi connectivity index (χ1n) is 6.23. The summed E-state index contributed by atoms with van der Waals surface area (Å²) in [6.45, 7) is 1.61. The van der Waals surface area contributed by atoms with E-state index >= 15 is 0 Å². The third-order valence-electron chi connectivity index (χ3n) is 4.14. The second-order valence-corrected chi connectivity index (χ2v) is 4.94. The highest BCUT2D eigenvalue weighted by molar-refractivity contribution is 5.70. The fourth-order valence-electron chi connectivity index (χ4n) is 3.37. The number of hydrogen-bond acceptors (Lipinski definition) is 3. The van der Waals surface area contributed by atoms with Crippen LogP contribution in [0.5, 0.6) is 0 Å². The van der Waals surface area contributed by atoms with Crippen molar-refractivity contribution < 1.29 is 14.6 Å². The molecule has 2 rings (SSSR count). The van der Waals surface area contributed by atoms with Crippen molar-refractivity contribution in [1.82, 2.24) is 5.32 Å². The molecule has 4 atom stereocenters. The van der Waals surface area contributed by atoms with Gasteiger partial charge in [-0.3, -0.25) is 4.79 Å². The van der Waals surface area contributed by atoms with Gasteiger partial charge >= 0.3 is 5.97 Å². The molecule has 0 aromatic heterocycles. The minimum atomic E-state index is -0.608. The van der Waals surface area contributed by atoms with Gasteiger partial charge in [0.05, 0.1) is 18.6 Å². The number of carboxylic acids is 1. The van der Waals surface area contributed by atoms with Crippen molar-refractivity contribution in [3.63, 3.8) is 0 Å². The van der Waals surface area contributed by atoms with Crippen LogP contribution in [-0.4, -0.2) is 37.4 Å². The Kier molecular flexibility index (Phi) is 3.82. The number of ether oxygens (including phenoxy) is 1. The Labute approximate surface area is 96.4 Å². The van der Waals surface area contributed by atoms with Crippen LogP contribution < -0.4 is 5.32 Å². The summed E-state index contributed by atoms with van der Waals surface area (Å²) in [7, 11) is 1.91. The van der Waals surface area contributed by atoms with E-state index in [2.05, 4.69) is 5.32 Å². The van der Waals surface area contributed by atoms with Crippen molar-refractivity contribution in [3.05, 3.63) is 0 Å². The molecule has 0 amide bonds. The summed E-state index contributed by atoms with van der Waals surface area (Å²) in [6.07, 6.45) is 4.26. The minimum absolute atomic E-state index is 0.108. The molecule has 0 saturated heterocycles. The zero-order valence-electron chi connectivity index (χ0n) is 9.82. The third-order valence-corrected chi connectivity index (χ3v) is 4.14. The lowest BCUT2D eigenvalue weighted by atomic mass is 9.92. The zero-order valence-corrected chi connectivity index (χ0v) is 9.82. The highest BCUT2D eigenvalue weighted by Gasteiger charge is 2.47. The molecule has 4 heteroatoms. The third kappa shape index (κ3) is 2.23. The van der Waals surface area contributed by atoms with Gasteiger partial charge in [-0.1, -0.05) is 0 Å². The van der Waals surface area contributed by atoms with Gasteiger partial charge in [-0.05, 0) is 44.6 Å². The van der Waals surface area contributed by atoms with E-state index in [9.17, 15) is 4.79 Å². The molecular weight excluding hydrogens is 206 g/mol. The van der Waals surface area contributed by atoms with Crippen molar-refractivity contribution >= 4 is 5.97 Å². The van der Waals surface area contributed by atoms with Crippen molar-refractivity contribution in [1.29, 1.82) is 0 Å². The predicted octanol–water partition coefficient (Wildman–Crippen LogP) is 1.11. The Balaban J connectivity index is 1.85. The molecule has 2 aliphatic carbocycles. The van der Waals surface area contributed by atoms with Crippen LogP contribution in [0, 0.1) is 17.8 Å². The Bertz CT molecular complexity index is 257. The average molecular weight is 227 g/mol. The van der Waals surface area contributed by atoms with Gasteiger partial charge in [-0.25, -0.2) is 0 Å². The van der Waals surface area contributed by atoms with E-state index in [4.69, 9.17) is 9.84 Å². The number of likely N-dealkylation sites (N-methyl/N-ethyl adjacent to an activating group) is 1. The van der Waals surface area contributed by atoms with Crippen LogP contribution in [-0.2, 0) is 9.53 Å². The molecular formula is C12H21NO3. The van der Waals surface area contributed by atoms with E-state index in [-0.39, 0.29) is 5.92 Å². The van der Waals surface area contributed by atoms with Crippen LogP contribution in [0.2, 0.25) is 0 Å². The molecule has 16 heavy (non-hydrogen) atoms. The van der Waals surface area contributed by atoms with Gasteiger partial charge in [0, 0.05) is 6.54 Å². The van der Waals surface area contributed by atoms with E-state index in [1.54, 1.807) is 0 Å². The van der Waals surface area contributed by atoms with Crippen LogP contribution in [0.1, 0.15) is 25.7 Å². The molecule has 0 aliphatic heterocycles. The van der Waals surface area contributed by atoms with Gasteiger partial charge < -0.3 is 15.2 Å². The van der Waals surface area contributed by atoms with Crippen LogP contribution in [0.15, 0.2) is 0 Å². The number of carboxylic acid groups (broad SMARTS) is 1. The first-order chi connectivity index (χ1) is 7.74. The normalized spacial score (nSPS) is 37.6. The standard InChI is InChI=1S/C12H21NO3/c1-13-6-7-16-11-5-4-8-9(11)2-3-10(8)12(14)15/h8-11,13H,2-7H2,1H3,(H,14,15)/t8-,9+,10-,11+/m0/s1.